The highest BCUT2D eigenvalue weighted by atomic mass is 31.2. The highest BCUT2D eigenvalue weighted by Crippen LogP contribution is 2.50. The van der Waals surface area contributed by atoms with Gasteiger partial charge in [-0.25, -0.2) is 4.57 Å². The van der Waals surface area contributed by atoms with Crippen LogP contribution in [0.25, 0.3) is 5.76 Å². The predicted molar refractivity (Wildman–Crippen MR) is 85.2 cm³/mol. The van der Waals surface area contributed by atoms with Crippen LogP contribution >= 0.6 is 7.82 Å². The third kappa shape index (κ3) is 3.72. The standard InChI is InChI=1S/C16H23O5P/c1-15(2,3)14-13(20-10-16(14,4)5)11-7-6-8-12(9-11)21-22(17,18)19/h6-9H,10H2,1-5H3,(H2,17,18,19). The Morgan fingerprint density at radius 3 is 2.45 bits per heavy atom. The molecule has 1 aromatic rings. The number of phosphoric acid groups is 1. The van der Waals surface area contributed by atoms with E-state index < -0.39 is 7.82 Å². The van der Waals surface area contributed by atoms with Crippen molar-refractivity contribution in [3.63, 3.8) is 0 Å². The second-order valence-electron chi connectivity index (χ2n) is 7.24. The number of ether oxygens (including phenoxy) is 1. The van der Waals surface area contributed by atoms with Crippen LogP contribution in [0.4, 0.5) is 0 Å². The Morgan fingerprint density at radius 1 is 1.27 bits per heavy atom. The Labute approximate surface area is 131 Å². The molecule has 0 spiro atoms. The molecule has 0 saturated carbocycles. The van der Waals surface area contributed by atoms with Crippen molar-refractivity contribution in [2.75, 3.05) is 6.61 Å². The van der Waals surface area contributed by atoms with E-state index in [0.29, 0.717) is 6.61 Å². The van der Waals surface area contributed by atoms with Crippen molar-refractivity contribution in [3.05, 3.63) is 35.4 Å². The van der Waals surface area contributed by atoms with Crippen molar-refractivity contribution in [3.8, 4) is 5.75 Å². The Morgan fingerprint density at radius 2 is 1.91 bits per heavy atom. The van der Waals surface area contributed by atoms with E-state index in [9.17, 15) is 4.57 Å². The van der Waals surface area contributed by atoms with Crippen LogP contribution in [-0.4, -0.2) is 16.4 Å². The first kappa shape index (κ1) is 17.1. The third-order valence-corrected chi connectivity index (χ3v) is 4.00. The molecule has 1 heterocycles. The largest absolute Gasteiger partial charge is 0.524 e. The number of benzene rings is 1. The highest BCUT2D eigenvalue weighted by Gasteiger charge is 2.41. The molecule has 0 radical (unpaired) electrons. The third-order valence-electron chi connectivity index (χ3n) is 3.55. The quantitative estimate of drug-likeness (QED) is 0.822. The summed E-state index contributed by atoms with van der Waals surface area (Å²) in [6.45, 7) is 11.3. The summed E-state index contributed by atoms with van der Waals surface area (Å²) in [5.74, 6) is 0.897. The maximum absolute atomic E-state index is 11.0. The van der Waals surface area contributed by atoms with Gasteiger partial charge in [0, 0.05) is 11.0 Å². The van der Waals surface area contributed by atoms with Gasteiger partial charge in [0.2, 0.25) is 0 Å². The fraction of sp³-hybridized carbons (Fsp3) is 0.500. The van der Waals surface area contributed by atoms with Gasteiger partial charge >= 0.3 is 7.82 Å². The lowest BCUT2D eigenvalue weighted by Gasteiger charge is -2.30. The molecule has 5 nitrogen and oxygen atoms in total. The molecule has 0 amide bonds. The molecule has 2 N–H and O–H groups in total. The van der Waals surface area contributed by atoms with Gasteiger partial charge in [0.15, 0.2) is 0 Å². The van der Waals surface area contributed by atoms with Gasteiger partial charge in [-0.3, -0.25) is 9.79 Å². The molecule has 2 rings (SSSR count). The maximum Gasteiger partial charge on any atom is 0.524 e. The van der Waals surface area contributed by atoms with Gasteiger partial charge in [0.1, 0.15) is 11.5 Å². The fourth-order valence-electron chi connectivity index (χ4n) is 3.12. The molecule has 0 aromatic heterocycles. The average molecular weight is 326 g/mol. The van der Waals surface area contributed by atoms with E-state index in [1.807, 2.05) is 6.07 Å². The van der Waals surface area contributed by atoms with Crippen LogP contribution in [-0.2, 0) is 9.30 Å². The van der Waals surface area contributed by atoms with Crippen molar-refractivity contribution >= 4 is 13.6 Å². The second-order valence-corrected chi connectivity index (χ2v) is 8.40. The van der Waals surface area contributed by atoms with E-state index in [-0.39, 0.29) is 16.6 Å². The topological polar surface area (TPSA) is 76.0 Å². The smallest absolute Gasteiger partial charge is 0.492 e. The van der Waals surface area contributed by atoms with E-state index in [0.717, 1.165) is 11.3 Å². The minimum absolute atomic E-state index is 0.0740. The van der Waals surface area contributed by atoms with E-state index in [2.05, 4.69) is 39.1 Å². The summed E-state index contributed by atoms with van der Waals surface area (Å²) in [4.78, 5) is 17.9. The molecular formula is C16H23O5P. The average Bonchev–Trinajstić information content (AvgIpc) is 2.62. The first-order valence-corrected chi connectivity index (χ1v) is 8.67. The Balaban J connectivity index is 2.51. The van der Waals surface area contributed by atoms with E-state index in [1.54, 1.807) is 12.1 Å². The van der Waals surface area contributed by atoms with Gasteiger partial charge in [-0.2, -0.15) is 0 Å². The lowest BCUT2D eigenvalue weighted by Crippen LogP contribution is -2.24. The molecule has 0 unspecified atom stereocenters. The van der Waals surface area contributed by atoms with Crippen LogP contribution in [0.2, 0.25) is 0 Å². The summed E-state index contributed by atoms with van der Waals surface area (Å²) in [5.41, 5.74) is 1.79. The van der Waals surface area contributed by atoms with Gasteiger partial charge in [-0.1, -0.05) is 46.8 Å². The molecule has 1 aromatic carbocycles. The summed E-state index contributed by atoms with van der Waals surface area (Å²) in [6, 6.07) is 6.67. The van der Waals surface area contributed by atoms with Crippen LogP contribution in [0.5, 0.6) is 5.75 Å². The zero-order valence-electron chi connectivity index (χ0n) is 13.6. The Kier molecular flexibility index (Phi) is 4.20. The second kappa shape index (κ2) is 5.41. The summed E-state index contributed by atoms with van der Waals surface area (Å²) >= 11 is 0. The zero-order chi connectivity index (χ0) is 16.8. The Hall–Kier alpha value is -1.29. The number of phosphoric ester groups is 1. The van der Waals surface area contributed by atoms with Gasteiger partial charge in [0.05, 0.1) is 6.61 Å². The monoisotopic (exact) mass is 326 g/mol. The molecule has 22 heavy (non-hydrogen) atoms. The van der Waals surface area contributed by atoms with Crippen LogP contribution < -0.4 is 4.52 Å². The summed E-state index contributed by atoms with van der Waals surface area (Å²) in [7, 11) is -4.57. The highest BCUT2D eigenvalue weighted by molar-refractivity contribution is 7.46. The normalized spacial score (nSPS) is 18.3. The van der Waals surface area contributed by atoms with Gasteiger partial charge < -0.3 is 9.26 Å². The van der Waals surface area contributed by atoms with Crippen molar-refractivity contribution in [2.24, 2.45) is 10.8 Å². The van der Waals surface area contributed by atoms with Crippen molar-refractivity contribution in [1.82, 2.24) is 0 Å². The van der Waals surface area contributed by atoms with Gasteiger partial charge in [-0.05, 0) is 23.1 Å². The molecule has 0 atom stereocenters. The lowest BCUT2D eigenvalue weighted by molar-refractivity contribution is 0.213. The van der Waals surface area contributed by atoms with Crippen LogP contribution in [0.15, 0.2) is 29.8 Å². The molecule has 6 heteroatoms. The minimum atomic E-state index is -4.57. The van der Waals surface area contributed by atoms with Gasteiger partial charge in [-0.15, -0.1) is 0 Å². The van der Waals surface area contributed by atoms with Crippen LogP contribution in [0.3, 0.4) is 0 Å². The number of rotatable bonds is 3. The first-order valence-electron chi connectivity index (χ1n) is 7.14. The number of hydrogen-bond donors (Lipinski definition) is 2. The SMILES string of the molecule is CC(C)(C)C1=C(c2cccc(OP(=O)(O)O)c2)OCC1(C)C. The molecule has 1 aliphatic heterocycles. The number of hydrogen-bond acceptors (Lipinski definition) is 3. The van der Waals surface area contributed by atoms with E-state index >= 15 is 0 Å². The van der Waals surface area contributed by atoms with Crippen molar-refractivity contribution in [2.45, 2.75) is 34.6 Å². The van der Waals surface area contributed by atoms with Gasteiger partial charge in [0.25, 0.3) is 0 Å². The summed E-state index contributed by atoms with van der Waals surface area (Å²) < 4.78 is 21.6. The summed E-state index contributed by atoms with van der Waals surface area (Å²) in [6.07, 6.45) is 0. The zero-order valence-corrected chi connectivity index (χ0v) is 14.5. The van der Waals surface area contributed by atoms with Crippen molar-refractivity contribution < 1.29 is 23.6 Å². The molecule has 0 bridgehead atoms. The Bertz CT molecular complexity index is 649. The fourth-order valence-corrected chi connectivity index (χ4v) is 3.51. The summed E-state index contributed by atoms with van der Waals surface area (Å²) in [5, 5.41) is 0. The van der Waals surface area contributed by atoms with Crippen LogP contribution in [0.1, 0.15) is 40.2 Å². The molecule has 1 aliphatic rings. The molecule has 0 fully saturated rings. The molecular weight excluding hydrogens is 303 g/mol. The predicted octanol–water partition coefficient (Wildman–Crippen LogP) is 3.97. The molecule has 122 valence electrons. The molecule has 0 aliphatic carbocycles. The maximum atomic E-state index is 11.0. The van der Waals surface area contributed by atoms with Crippen molar-refractivity contribution in [1.29, 1.82) is 0 Å². The van der Waals surface area contributed by atoms with E-state index in [4.69, 9.17) is 14.5 Å². The molecule has 0 saturated heterocycles. The van der Waals surface area contributed by atoms with Crippen LogP contribution in [0, 0.1) is 10.8 Å². The minimum Gasteiger partial charge on any atom is -0.492 e. The lowest BCUT2D eigenvalue weighted by atomic mass is 9.71. The first-order chi connectivity index (χ1) is 9.90. The van der Waals surface area contributed by atoms with E-state index in [1.165, 1.54) is 11.6 Å².